The second-order valence-corrected chi connectivity index (χ2v) is 2.89. The number of carbonyl (C=O) groups excluding carboxylic acids is 2. The van der Waals surface area contributed by atoms with Gasteiger partial charge in [-0.3, -0.25) is 0 Å². The van der Waals surface area contributed by atoms with Gasteiger partial charge >= 0.3 is 17.6 Å². The lowest BCUT2D eigenvalue weighted by atomic mass is 10.1. The van der Waals surface area contributed by atoms with Crippen molar-refractivity contribution in [3.63, 3.8) is 0 Å². The fourth-order valence-electron chi connectivity index (χ4n) is 1.24. The van der Waals surface area contributed by atoms with Crippen molar-refractivity contribution >= 4 is 11.9 Å². The fraction of sp³-hybridized carbons (Fsp3) is 0.300. The second-order valence-electron chi connectivity index (χ2n) is 2.89. The molecule has 0 N–H and O–H groups in total. The van der Waals surface area contributed by atoms with E-state index in [1.165, 1.54) is 6.92 Å². The SMILES string of the molecule is COC(=O)c1cc(=O)oc(C)c1C(=O)OC. The number of hydrogen-bond donors (Lipinski definition) is 0. The standard InChI is InChI=1S/C10H10O6/c1-5-8(10(13)15-3)6(9(12)14-2)4-7(11)16-5/h4H,1-3H3. The highest BCUT2D eigenvalue weighted by atomic mass is 16.5. The third-order valence-corrected chi connectivity index (χ3v) is 1.93. The molecule has 0 aromatic carbocycles. The van der Waals surface area contributed by atoms with Crippen molar-refractivity contribution in [3.8, 4) is 0 Å². The zero-order valence-corrected chi connectivity index (χ0v) is 9.03. The van der Waals surface area contributed by atoms with Crippen LogP contribution in [0.2, 0.25) is 0 Å². The van der Waals surface area contributed by atoms with E-state index in [2.05, 4.69) is 9.47 Å². The van der Waals surface area contributed by atoms with Gasteiger partial charge in [-0.1, -0.05) is 0 Å². The Labute approximate surface area is 90.8 Å². The molecule has 1 rings (SSSR count). The maximum atomic E-state index is 11.4. The lowest BCUT2D eigenvalue weighted by Crippen LogP contribution is -2.17. The minimum absolute atomic E-state index is 0.0137. The number of carbonyl (C=O) groups is 2. The molecule has 0 unspecified atom stereocenters. The van der Waals surface area contributed by atoms with Crippen molar-refractivity contribution in [2.24, 2.45) is 0 Å². The van der Waals surface area contributed by atoms with Crippen LogP contribution in [0.3, 0.4) is 0 Å². The Morgan fingerprint density at radius 2 is 1.75 bits per heavy atom. The Morgan fingerprint density at radius 1 is 1.19 bits per heavy atom. The molecule has 1 aromatic heterocycles. The van der Waals surface area contributed by atoms with Gasteiger partial charge < -0.3 is 13.9 Å². The van der Waals surface area contributed by atoms with Crippen LogP contribution in [0.5, 0.6) is 0 Å². The van der Waals surface area contributed by atoms with Crippen LogP contribution in [-0.4, -0.2) is 26.2 Å². The third kappa shape index (κ3) is 2.10. The highest BCUT2D eigenvalue weighted by Crippen LogP contribution is 2.14. The zero-order valence-electron chi connectivity index (χ0n) is 9.03. The topological polar surface area (TPSA) is 82.8 Å². The van der Waals surface area contributed by atoms with Crippen LogP contribution in [0.4, 0.5) is 0 Å². The predicted octanol–water partition coefficient (Wildman–Crippen LogP) is 0.521. The van der Waals surface area contributed by atoms with E-state index in [-0.39, 0.29) is 16.9 Å². The van der Waals surface area contributed by atoms with Gasteiger partial charge in [0.1, 0.15) is 11.3 Å². The molecule has 6 nitrogen and oxygen atoms in total. The summed E-state index contributed by atoms with van der Waals surface area (Å²) in [5.74, 6) is -1.54. The summed E-state index contributed by atoms with van der Waals surface area (Å²) in [5, 5.41) is 0. The van der Waals surface area contributed by atoms with Crippen molar-refractivity contribution in [1.82, 2.24) is 0 Å². The summed E-state index contributed by atoms with van der Waals surface area (Å²) in [7, 11) is 2.31. The predicted molar refractivity (Wildman–Crippen MR) is 52.4 cm³/mol. The van der Waals surface area contributed by atoms with Crippen LogP contribution in [-0.2, 0) is 9.47 Å². The first kappa shape index (κ1) is 12.0. The molecule has 0 spiro atoms. The van der Waals surface area contributed by atoms with Crippen LogP contribution < -0.4 is 5.63 Å². The number of rotatable bonds is 2. The van der Waals surface area contributed by atoms with Gasteiger partial charge in [-0.2, -0.15) is 0 Å². The van der Waals surface area contributed by atoms with E-state index in [9.17, 15) is 14.4 Å². The molecule has 0 amide bonds. The second kappa shape index (κ2) is 4.61. The summed E-state index contributed by atoms with van der Waals surface area (Å²) in [6.45, 7) is 1.39. The van der Waals surface area contributed by atoms with E-state index in [0.29, 0.717) is 0 Å². The van der Waals surface area contributed by atoms with Crippen LogP contribution >= 0.6 is 0 Å². The molecule has 1 aromatic rings. The molecule has 0 atom stereocenters. The Morgan fingerprint density at radius 3 is 2.25 bits per heavy atom. The fourth-order valence-corrected chi connectivity index (χ4v) is 1.24. The molecule has 1 heterocycles. The maximum absolute atomic E-state index is 11.4. The minimum atomic E-state index is -0.795. The lowest BCUT2D eigenvalue weighted by molar-refractivity contribution is 0.0550. The molecule has 16 heavy (non-hydrogen) atoms. The first-order valence-electron chi connectivity index (χ1n) is 4.32. The molecule has 0 saturated heterocycles. The highest BCUT2D eigenvalue weighted by molar-refractivity contribution is 6.03. The number of aryl methyl sites for hydroxylation is 1. The van der Waals surface area contributed by atoms with E-state index in [4.69, 9.17) is 4.42 Å². The van der Waals surface area contributed by atoms with Gasteiger partial charge in [0.05, 0.1) is 19.8 Å². The van der Waals surface area contributed by atoms with Crippen molar-refractivity contribution < 1.29 is 23.5 Å². The summed E-state index contributed by atoms with van der Waals surface area (Å²) in [6, 6.07) is 0.894. The number of esters is 2. The molecular formula is C10H10O6. The average molecular weight is 226 g/mol. The lowest BCUT2D eigenvalue weighted by Gasteiger charge is -2.06. The molecule has 0 saturated carbocycles. The van der Waals surface area contributed by atoms with Gasteiger partial charge in [-0.15, -0.1) is 0 Å². The first-order chi connectivity index (χ1) is 7.51. The van der Waals surface area contributed by atoms with Crippen molar-refractivity contribution in [3.05, 3.63) is 33.4 Å². The Balaban J connectivity index is 3.50. The summed E-state index contributed by atoms with van der Waals surface area (Å²) in [6.07, 6.45) is 0. The van der Waals surface area contributed by atoms with Gasteiger partial charge in [-0.25, -0.2) is 14.4 Å². The van der Waals surface area contributed by atoms with Crippen molar-refractivity contribution in [2.45, 2.75) is 6.92 Å². The Hall–Kier alpha value is -2.11. The van der Waals surface area contributed by atoms with Crippen LogP contribution in [0, 0.1) is 6.92 Å². The highest BCUT2D eigenvalue weighted by Gasteiger charge is 2.23. The smallest absolute Gasteiger partial charge is 0.342 e. The number of ether oxygens (including phenoxy) is 2. The summed E-state index contributed by atoms with van der Waals surface area (Å²) >= 11 is 0. The average Bonchev–Trinajstić information content (AvgIpc) is 2.26. The third-order valence-electron chi connectivity index (χ3n) is 1.93. The quantitative estimate of drug-likeness (QED) is 0.683. The first-order valence-corrected chi connectivity index (χ1v) is 4.32. The van der Waals surface area contributed by atoms with Crippen LogP contribution in [0.25, 0.3) is 0 Å². The summed E-state index contributed by atoms with van der Waals surface area (Å²) < 4.78 is 13.6. The van der Waals surface area contributed by atoms with E-state index < -0.39 is 17.6 Å². The summed E-state index contributed by atoms with van der Waals surface area (Å²) in [5.41, 5.74) is -0.998. The Bertz CT molecular complexity index is 485. The van der Waals surface area contributed by atoms with Gasteiger partial charge in [0.25, 0.3) is 0 Å². The molecule has 6 heteroatoms. The molecular weight excluding hydrogens is 216 g/mol. The molecule has 86 valence electrons. The largest absolute Gasteiger partial charge is 0.465 e. The van der Waals surface area contributed by atoms with Crippen LogP contribution in [0.15, 0.2) is 15.3 Å². The van der Waals surface area contributed by atoms with Crippen LogP contribution in [0.1, 0.15) is 26.5 Å². The number of hydrogen-bond acceptors (Lipinski definition) is 6. The molecule has 0 aliphatic rings. The normalized spacial score (nSPS) is 9.69. The Kier molecular flexibility index (Phi) is 3.44. The van der Waals surface area contributed by atoms with Crippen molar-refractivity contribution in [1.29, 1.82) is 0 Å². The maximum Gasteiger partial charge on any atom is 0.342 e. The molecule has 0 aliphatic carbocycles. The molecule has 0 bridgehead atoms. The van der Waals surface area contributed by atoms with Crippen molar-refractivity contribution in [2.75, 3.05) is 14.2 Å². The summed E-state index contributed by atoms with van der Waals surface area (Å²) in [4.78, 5) is 33.8. The van der Waals surface area contributed by atoms with Gasteiger partial charge in [0, 0.05) is 6.07 Å². The molecule has 0 radical (unpaired) electrons. The van der Waals surface area contributed by atoms with Gasteiger partial charge in [0.15, 0.2) is 0 Å². The van der Waals surface area contributed by atoms with Gasteiger partial charge in [0.2, 0.25) is 0 Å². The zero-order chi connectivity index (χ0) is 12.3. The van der Waals surface area contributed by atoms with Gasteiger partial charge in [-0.05, 0) is 6.92 Å². The number of methoxy groups -OCH3 is 2. The van der Waals surface area contributed by atoms with E-state index >= 15 is 0 Å². The van der Waals surface area contributed by atoms with E-state index in [1.807, 2.05) is 0 Å². The van der Waals surface area contributed by atoms with E-state index in [0.717, 1.165) is 20.3 Å². The monoisotopic (exact) mass is 226 g/mol. The molecule has 0 fully saturated rings. The molecule has 0 aliphatic heterocycles. The minimum Gasteiger partial charge on any atom is -0.465 e. The van der Waals surface area contributed by atoms with E-state index in [1.54, 1.807) is 0 Å².